The summed E-state index contributed by atoms with van der Waals surface area (Å²) in [6.07, 6.45) is -1.59. The van der Waals surface area contributed by atoms with Gasteiger partial charge < -0.3 is 10.2 Å². The lowest BCUT2D eigenvalue weighted by molar-refractivity contribution is -1.01. The molecule has 0 heterocycles. The normalized spacial score (nSPS) is 17.9. The molecular formula is C13H21Cl2N2O2+. The second-order valence-corrected chi connectivity index (χ2v) is 5.75. The molecule has 1 aromatic carbocycles. The number of hydrogen-bond donors (Lipinski definition) is 3. The summed E-state index contributed by atoms with van der Waals surface area (Å²) in [7, 11) is 0. The van der Waals surface area contributed by atoms with E-state index in [1.807, 2.05) is 13.8 Å². The highest BCUT2D eigenvalue weighted by Gasteiger charge is 2.42. The zero-order valence-electron chi connectivity index (χ0n) is 11.6. The zero-order valence-corrected chi connectivity index (χ0v) is 13.1. The van der Waals surface area contributed by atoms with E-state index < -0.39 is 12.5 Å². The molecule has 0 spiro atoms. The Balaban J connectivity index is 3.17. The maximum Gasteiger partial charge on any atom is 0.212 e. The van der Waals surface area contributed by atoms with Crippen LogP contribution in [0.2, 0.25) is 10.0 Å². The average molecular weight is 308 g/mol. The number of rotatable bonds is 5. The van der Waals surface area contributed by atoms with E-state index in [2.05, 4.69) is 5.43 Å². The highest BCUT2D eigenvalue weighted by molar-refractivity contribution is 6.42. The Hall–Kier alpha value is -0.520. The molecule has 2 atom stereocenters. The number of aliphatic hydroxyl groups excluding tert-OH is 2. The Bertz CT molecular complexity index is 415. The molecule has 0 aliphatic heterocycles. The standard InChI is InChI=1S/C13H21Cl2N2O2/c1-8(2)17(9(3)18,10(4)19)16-11-5-6-12(14)13(15)7-11/h5-10,16,18-19H,1-4H3/q+1. The van der Waals surface area contributed by atoms with Gasteiger partial charge in [0.05, 0.1) is 15.7 Å². The number of hydrogen-bond acceptors (Lipinski definition) is 3. The fourth-order valence-corrected chi connectivity index (χ4v) is 2.58. The molecule has 4 nitrogen and oxygen atoms in total. The summed E-state index contributed by atoms with van der Waals surface area (Å²) in [6.45, 7) is 7.11. The summed E-state index contributed by atoms with van der Waals surface area (Å²) >= 11 is 11.9. The van der Waals surface area contributed by atoms with Crippen molar-refractivity contribution in [3.05, 3.63) is 28.2 Å². The van der Waals surface area contributed by atoms with E-state index in [1.165, 1.54) is 0 Å². The zero-order chi connectivity index (χ0) is 14.8. The minimum atomic E-state index is -0.797. The van der Waals surface area contributed by atoms with E-state index in [1.54, 1.807) is 32.0 Å². The maximum atomic E-state index is 10.1. The topological polar surface area (TPSA) is 52.5 Å². The van der Waals surface area contributed by atoms with Gasteiger partial charge in [-0.2, -0.15) is 4.59 Å². The third-order valence-electron chi connectivity index (χ3n) is 3.33. The molecule has 0 aromatic heterocycles. The van der Waals surface area contributed by atoms with Gasteiger partial charge in [-0.15, -0.1) is 0 Å². The first kappa shape index (κ1) is 16.5. The maximum absolute atomic E-state index is 10.1. The molecule has 6 heteroatoms. The number of anilines is 1. The van der Waals surface area contributed by atoms with Gasteiger partial charge in [0, 0.05) is 13.8 Å². The van der Waals surface area contributed by atoms with E-state index in [-0.39, 0.29) is 10.6 Å². The molecule has 19 heavy (non-hydrogen) atoms. The molecule has 0 aliphatic carbocycles. The fourth-order valence-electron chi connectivity index (χ4n) is 2.28. The van der Waals surface area contributed by atoms with Crippen LogP contribution in [0.4, 0.5) is 5.69 Å². The quantitative estimate of drug-likeness (QED) is 0.445. The smallest absolute Gasteiger partial charge is 0.212 e. The molecule has 0 saturated carbocycles. The molecule has 0 saturated heterocycles. The lowest BCUT2D eigenvalue weighted by Gasteiger charge is -2.45. The second kappa shape index (κ2) is 6.29. The first-order chi connectivity index (χ1) is 8.71. The summed E-state index contributed by atoms with van der Waals surface area (Å²) < 4.78 is -0.0854. The van der Waals surface area contributed by atoms with Crippen molar-refractivity contribution in [3.8, 4) is 0 Å². The van der Waals surface area contributed by atoms with Crippen molar-refractivity contribution in [1.29, 1.82) is 0 Å². The molecular weight excluding hydrogens is 287 g/mol. The van der Waals surface area contributed by atoms with Crippen molar-refractivity contribution in [2.75, 3.05) is 5.43 Å². The van der Waals surface area contributed by atoms with Crippen molar-refractivity contribution in [3.63, 3.8) is 0 Å². The fraction of sp³-hybridized carbons (Fsp3) is 0.538. The molecule has 2 unspecified atom stereocenters. The van der Waals surface area contributed by atoms with E-state index >= 15 is 0 Å². The summed E-state index contributed by atoms with van der Waals surface area (Å²) in [5.74, 6) is 0. The Morgan fingerprint density at radius 1 is 1.00 bits per heavy atom. The molecule has 0 aliphatic rings. The number of aliphatic hydroxyl groups is 2. The molecule has 0 fully saturated rings. The van der Waals surface area contributed by atoms with Gasteiger partial charge in [-0.05, 0) is 32.0 Å². The number of quaternary nitrogens is 1. The lowest BCUT2D eigenvalue weighted by Crippen LogP contribution is -2.66. The molecule has 1 aromatic rings. The molecule has 108 valence electrons. The third kappa shape index (κ3) is 3.33. The monoisotopic (exact) mass is 307 g/mol. The van der Waals surface area contributed by atoms with Crippen LogP contribution in [0.5, 0.6) is 0 Å². The second-order valence-electron chi connectivity index (χ2n) is 4.93. The predicted molar refractivity (Wildman–Crippen MR) is 78.8 cm³/mol. The van der Waals surface area contributed by atoms with Gasteiger partial charge in [-0.1, -0.05) is 23.2 Å². The van der Waals surface area contributed by atoms with Gasteiger partial charge >= 0.3 is 0 Å². The summed E-state index contributed by atoms with van der Waals surface area (Å²) in [4.78, 5) is 0. The first-order valence-corrected chi connectivity index (χ1v) is 6.95. The van der Waals surface area contributed by atoms with E-state index in [9.17, 15) is 10.2 Å². The largest absolute Gasteiger partial charge is 0.343 e. The number of nitrogens with one attached hydrogen (secondary N) is 1. The van der Waals surface area contributed by atoms with Crippen LogP contribution in [0, 0.1) is 0 Å². The number of halogens is 2. The van der Waals surface area contributed by atoms with Crippen LogP contribution >= 0.6 is 23.2 Å². The molecule has 0 amide bonds. The first-order valence-electron chi connectivity index (χ1n) is 6.19. The van der Waals surface area contributed by atoms with E-state index in [4.69, 9.17) is 23.2 Å². The van der Waals surface area contributed by atoms with Gasteiger partial charge in [-0.3, -0.25) is 0 Å². The third-order valence-corrected chi connectivity index (χ3v) is 4.07. The highest BCUT2D eigenvalue weighted by atomic mass is 35.5. The van der Waals surface area contributed by atoms with Crippen LogP contribution in [0.3, 0.4) is 0 Å². The van der Waals surface area contributed by atoms with Crippen LogP contribution < -0.4 is 5.43 Å². The summed E-state index contributed by atoms with van der Waals surface area (Å²) in [6, 6.07) is 5.05. The van der Waals surface area contributed by atoms with Gasteiger partial charge in [0.25, 0.3) is 0 Å². The van der Waals surface area contributed by atoms with Crippen LogP contribution in [-0.4, -0.2) is 33.3 Å². The van der Waals surface area contributed by atoms with Crippen molar-refractivity contribution < 1.29 is 14.8 Å². The van der Waals surface area contributed by atoms with Gasteiger partial charge in [0.15, 0.2) is 0 Å². The van der Waals surface area contributed by atoms with Crippen molar-refractivity contribution in [2.45, 2.75) is 46.2 Å². The van der Waals surface area contributed by atoms with Gasteiger partial charge in [-0.25, -0.2) is 5.43 Å². The minimum absolute atomic E-state index is 0.0468. The minimum Gasteiger partial charge on any atom is -0.343 e. The molecule has 0 radical (unpaired) electrons. The summed E-state index contributed by atoms with van der Waals surface area (Å²) in [5.41, 5.74) is 3.84. The number of nitrogens with zero attached hydrogens (tertiary/aromatic N) is 1. The van der Waals surface area contributed by atoms with E-state index in [0.717, 1.165) is 0 Å². The van der Waals surface area contributed by atoms with Crippen molar-refractivity contribution >= 4 is 28.9 Å². The molecule has 1 rings (SSSR count). The van der Waals surface area contributed by atoms with E-state index in [0.29, 0.717) is 15.7 Å². The molecule has 0 bridgehead atoms. The van der Waals surface area contributed by atoms with Crippen LogP contribution in [0.25, 0.3) is 0 Å². The Morgan fingerprint density at radius 3 is 1.89 bits per heavy atom. The van der Waals surface area contributed by atoms with Gasteiger partial charge in [0.2, 0.25) is 12.5 Å². The van der Waals surface area contributed by atoms with Crippen LogP contribution in [-0.2, 0) is 0 Å². The Labute approximate surface area is 124 Å². The summed E-state index contributed by atoms with van der Waals surface area (Å²) in [5, 5.41) is 21.0. The lowest BCUT2D eigenvalue weighted by atomic mass is 10.2. The highest BCUT2D eigenvalue weighted by Crippen LogP contribution is 2.29. The Morgan fingerprint density at radius 2 is 1.53 bits per heavy atom. The SMILES string of the molecule is CC(C)[N+](Nc1ccc(Cl)c(Cl)c1)(C(C)O)C(C)O. The average Bonchev–Trinajstić information content (AvgIpc) is 2.29. The van der Waals surface area contributed by atoms with Crippen LogP contribution in [0.15, 0.2) is 18.2 Å². The van der Waals surface area contributed by atoms with Crippen molar-refractivity contribution in [2.24, 2.45) is 0 Å². The Kier molecular flexibility index (Phi) is 5.47. The van der Waals surface area contributed by atoms with Crippen molar-refractivity contribution in [1.82, 2.24) is 0 Å². The number of benzene rings is 1. The molecule has 3 N–H and O–H groups in total. The van der Waals surface area contributed by atoms with Gasteiger partial charge in [0.1, 0.15) is 6.04 Å². The van der Waals surface area contributed by atoms with Crippen LogP contribution in [0.1, 0.15) is 27.7 Å². The predicted octanol–water partition coefficient (Wildman–Crippen LogP) is 3.22.